The van der Waals surface area contributed by atoms with E-state index in [1.54, 1.807) is 11.0 Å². The second-order valence-electron chi connectivity index (χ2n) is 9.42. The Hall–Kier alpha value is -2.89. The van der Waals surface area contributed by atoms with Gasteiger partial charge in [-0.1, -0.05) is 37.3 Å². The third-order valence-corrected chi connectivity index (χ3v) is 7.60. The summed E-state index contributed by atoms with van der Waals surface area (Å²) in [5.41, 5.74) is 2.45. The van der Waals surface area contributed by atoms with Crippen molar-refractivity contribution in [1.29, 1.82) is 0 Å². The van der Waals surface area contributed by atoms with Gasteiger partial charge in [0.1, 0.15) is 18.0 Å². The summed E-state index contributed by atoms with van der Waals surface area (Å²) in [5.74, 6) is 0.178. The Morgan fingerprint density at radius 2 is 1.95 bits per heavy atom. The van der Waals surface area contributed by atoms with Crippen LogP contribution in [-0.4, -0.2) is 69.9 Å². The number of hydrogen-bond acceptors (Lipinski definition) is 5. The highest BCUT2D eigenvalue weighted by Crippen LogP contribution is 2.30. The van der Waals surface area contributed by atoms with Crippen molar-refractivity contribution in [2.24, 2.45) is 0 Å². The molecule has 1 aliphatic carbocycles. The largest absolute Gasteiger partial charge is 0.482 e. The number of carbonyl (C=O) groups excluding carboxylic acids is 2. The molecule has 3 atom stereocenters. The van der Waals surface area contributed by atoms with Crippen molar-refractivity contribution in [1.82, 2.24) is 15.2 Å². The molecule has 3 aromatic rings. The molecule has 4 N–H and O–H groups in total. The fourth-order valence-corrected chi connectivity index (χ4v) is 5.32. The van der Waals surface area contributed by atoms with Crippen LogP contribution in [0.25, 0.3) is 10.9 Å². The van der Waals surface area contributed by atoms with Crippen molar-refractivity contribution in [3.8, 4) is 5.75 Å². The zero-order valence-corrected chi connectivity index (χ0v) is 23.6. The van der Waals surface area contributed by atoms with Gasteiger partial charge in [0.25, 0.3) is 0 Å². The van der Waals surface area contributed by atoms with Gasteiger partial charge < -0.3 is 30.2 Å². The number of nitrogens with zero attached hydrogens (tertiary/aromatic N) is 1. The van der Waals surface area contributed by atoms with E-state index in [-0.39, 0.29) is 31.4 Å². The Labute approximate surface area is 236 Å². The third-order valence-electron chi connectivity index (χ3n) is 6.71. The van der Waals surface area contributed by atoms with E-state index in [2.05, 4.69) is 39.0 Å². The van der Waals surface area contributed by atoms with Crippen molar-refractivity contribution >= 4 is 45.3 Å². The molecule has 2 amide bonds. The highest BCUT2D eigenvalue weighted by Gasteiger charge is 2.40. The van der Waals surface area contributed by atoms with E-state index in [1.165, 1.54) is 0 Å². The molecule has 4 rings (SSSR count). The molecule has 0 saturated heterocycles. The number of carbonyl (C=O) groups is 2. The summed E-state index contributed by atoms with van der Waals surface area (Å²) in [5, 5.41) is 24.5. The molecule has 2 aromatic carbocycles. The van der Waals surface area contributed by atoms with Crippen LogP contribution in [-0.2, 0) is 16.0 Å². The number of fused-ring (bicyclic) bond motifs is 1. The SMILES string of the molecule is CCCC(=O)N(CCc1cc2ccccc2[nH]1)[C@@H]1CC(C(=O)NCCO)=C[C@H](Oc2ccccc2I)[C@H]1O. The predicted molar refractivity (Wildman–Crippen MR) is 155 cm³/mol. The van der Waals surface area contributed by atoms with Crippen molar-refractivity contribution in [3.63, 3.8) is 0 Å². The number of rotatable bonds is 11. The molecule has 1 aromatic heterocycles. The molecule has 1 aliphatic rings. The van der Waals surface area contributed by atoms with Gasteiger partial charge in [-0.3, -0.25) is 9.59 Å². The van der Waals surface area contributed by atoms with E-state index in [9.17, 15) is 19.8 Å². The lowest BCUT2D eigenvalue weighted by molar-refractivity contribution is -0.138. The van der Waals surface area contributed by atoms with Gasteiger partial charge in [-0.15, -0.1) is 0 Å². The summed E-state index contributed by atoms with van der Waals surface area (Å²) in [6.45, 7) is 2.26. The molecule has 0 saturated carbocycles. The number of aliphatic hydroxyl groups excluding tert-OH is 2. The molecular formula is C29H34IN3O5. The van der Waals surface area contributed by atoms with Crippen LogP contribution in [0.3, 0.4) is 0 Å². The minimum absolute atomic E-state index is 0.0716. The van der Waals surface area contributed by atoms with E-state index in [0.29, 0.717) is 37.1 Å². The topological polar surface area (TPSA) is 115 Å². The molecule has 0 aliphatic heterocycles. The van der Waals surface area contributed by atoms with Gasteiger partial charge in [0.15, 0.2) is 0 Å². The lowest BCUT2D eigenvalue weighted by Crippen LogP contribution is -2.55. The van der Waals surface area contributed by atoms with E-state index >= 15 is 0 Å². The summed E-state index contributed by atoms with van der Waals surface area (Å²) >= 11 is 2.16. The molecule has 202 valence electrons. The van der Waals surface area contributed by atoms with Crippen LogP contribution in [0.2, 0.25) is 0 Å². The predicted octanol–water partition coefficient (Wildman–Crippen LogP) is 3.56. The number of nitrogens with one attached hydrogen (secondary N) is 2. The summed E-state index contributed by atoms with van der Waals surface area (Å²) in [6.07, 6.45) is 1.54. The summed E-state index contributed by atoms with van der Waals surface area (Å²) in [6, 6.07) is 16.9. The first-order chi connectivity index (χ1) is 18.4. The van der Waals surface area contributed by atoms with Crippen molar-refractivity contribution in [2.75, 3.05) is 19.7 Å². The highest BCUT2D eigenvalue weighted by molar-refractivity contribution is 14.1. The fourth-order valence-electron chi connectivity index (χ4n) is 4.81. The number of aromatic nitrogens is 1. The maximum Gasteiger partial charge on any atom is 0.247 e. The minimum Gasteiger partial charge on any atom is -0.482 e. The average Bonchev–Trinajstić information content (AvgIpc) is 3.33. The molecule has 0 radical (unpaired) electrons. The Kier molecular flexibility index (Phi) is 9.81. The normalized spacial score (nSPS) is 19.2. The zero-order valence-electron chi connectivity index (χ0n) is 21.4. The molecule has 1 heterocycles. The zero-order chi connectivity index (χ0) is 27.1. The lowest BCUT2D eigenvalue weighted by Gasteiger charge is -2.40. The number of halogens is 1. The van der Waals surface area contributed by atoms with Gasteiger partial charge in [-0.05, 0) is 64.7 Å². The van der Waals surface area contributed by atoms with Crippen LogP contribution in [0.4, 0.5) is 0 Å². The number of H-pyrrole nitrogens is 1. The quantitative estimate of drug-likeness (QED) is 0.242. The molecule has 8 nitrogen and oxygen atoms in total. The highest BCUT2D eigenvalue weighted by atomic mass is 127. The number of ether oxygens (including phenoxy) is 1. The Balaban J connectivity index is 1.62. The van der Waals surface area contributed by atoms with E-state index in [4.69, 9.17) is 4.74 Å². The Bertz CT molecular complexity index is 1260. The van der Waals surface area contributed by atoms with E-state index in [1.807, 2.05) is 55.5 Å². The van der Waals surface area contributed by atoms with Gasteiger partial charge in [0, 0.05) is 49.1 Å². The van der Waals surface area contributed by atoms with Crippen LogP contribution < -0.4 is 10.1 Å². The van der Waals surface area contributed by atoms with Crippen molar-refractivity contribution < 1.29 is 24.5 Å². The van der Waals surface area contributed by atoms with E-state index in [0.717, 1.165) is 20.2 Å². The van der Waals surface area contributed by atoms with Crippen LogP contribution >= 0.6 is 22.6 Å². The number of benzene rings is 2. The van der Waals surface area contributed by atoms with Gasteiger partial charge in [0.05, 0.1) is 16.2 Å². The summed E-state index contributed by atoms with van der Waals surface area (Å²) in [4.78, 5) is 31.4. The molecule has 0 fully saturated rings. The van der Waals surface area contributed by atoms with Crippen LogP contribution in [0.1, 0.15) is 31.9 Å². The van der Waals surface area contributed by atoms with Crippen LogP contribution in [0.15, 0.2) is 66.2 Å². The second-order valence-corrected chi connectivity index (χ2v) is 10.6. The van der Waals surface area contributed by atoms with Gasteiger partial charge in [-0.2, -0.15) is 0 Å². The number of aromatic amines is 1. The monoisotopic (exact) mass is 631 g/mol. The number of hydrogen-bond donors (Lipinski definition) is 4. The second kappa shape index (κ2) is 13.3. The molecule has 0 bridgehead atoms. The summed E-state index contributed by atoms with van der Waals surface area (Å²) in [7, 11) is 0. The Morgan fingerprint density at radius 1 is 1.18 bits per heavy atom. The Morgan fingerprint density at radius 3 is 2.68 bits per heavy atom. The van der Waals surface area contributed by atoms with Crippen LogP contribution in [0, 0.1) is 3.57 Å². The number of para-hydroxylation sites is 2. The lowest BCUT2D eigenvalue weighted by atomic mass is 9.87. The van der Waals surface area contributed by atoms with Gasteiger partial charge in [0.2, 0.25) is 11.8 Å². The average molecular weight is 632 g/mol. The van der Waals surface area contributed by atoms with Crippen molar-refractivity contribution in [2.45, 2.75) is 50.9 Å². The van der Waals surface area contributed by atoms with Gasteiger partial charge in [-0.25, -0.2) is 0 Å². The third kappa shape index (κ3) is 6.75. The molecule has 0 unspecified atom stereocenters. The molecule has 9 heteroatoms. The maximum atomic E-state index is 13.4. The van der Waals surface area contributed by atoms with Crippen LogP contribution in [0.5, 0.6) is 5.75 Å². The maximum absolute atomic E-state index is 13.4. The first kappa shape index (κ1) is 28.1. The van der Waals surface area contributed by atoms with E-state index < -0.39 is 18.2 Å². The molecule has 38 heavy (non-hydrogen) atoms. The first-order valence-corrected chi connectivity index (χ1v) is 14.0. The molecule has 0 spiro atoms. The standard InChI is InChI=1S/C29H34IN3O5/c1-2-7-27(35)33(14-12-21-16-19-8-3-5-10-23(19)32-21)24-17-20(29(37)31-13-15-34)18-26(28(24)36)38-25-11-6-4-9-22(25)30/h3-6,8-11,16,18,24,26,28,32,34,36H,2,7,12-15,17H2,1H3,(H,31,37)/t24-,26+,28+/m1/s1. The van der Waals surface area contributed by atoms with Gasteiger partial charge >= 0.3 is 0 Å². The first-order valence-electron chi connectivity index (χ1n) is 13.0. The fraction of sp³-hybridized carbons (Fsp3) is 0.379. The minimum atomic E-state index is -1.04. The number of amides is 2. The smallest absolute Gasteiger partial charge is 0.247 e. The number of aliphatic hydroxyl groups is 2. The van der Waals surface area contributed by atoms with Crippen molar-refractivity contribution in [3.05, 3.63) is 75.5 Å². The molecular weight excluding hydrogens is 597 g/mol. The summed E-state index contributed by atoms with van der Waals surface area (Å²) < 4.78 is 7.07.